The molecule has 13 heavy (non-hydrogen) atoms. The highest BCUT2D eigenvalue weighted by molar-refractivity contribution is 5.16. The van der Waals surface area contributed by atoms with Crippen LogP contribution < -0.4 is 5.48 Å². The van der Waals surface area contributed by atoms with Gasteiger partial charge in [0.15, 0.2) is 0 Å². The van der Waals surface area contributed by atoms with Crippen LogP contribution in [0.4, 0.5) is 0 Å². The van der Waals surface area contributed by atoms with Crippen LogP contribution in [-0.2, 0) is 0 Å². The van der Waals surface area contributed by atoms with Crippen LogP contribution in [0.15, 0.2) is 0 Å². The maximum Gasteiger partial charge on any atom is 0.0777 e. The molecule has 0 heterocycles. The van der Waals surface area contributed by atoms with E-state index in [1.807, 2.05) is 0 Å². The summed E-state index contributed by atoms with van der Waals surface area (Å²) in [6.07, 6.45) is 1.77. The molecule has 76 valence electrons. The number of nitrogens with one attached hydrogen (secondary N) is 1. The van der Waals surface area contributed by atoms with Crippen LogP contribution in [0.25, 0.3) is 0 Å². The van der Waals surface area contributed by atoms with E-state index in [9.17, 15) is 5.11 Å². The van der Waals surface area contributed by atoms with Crippen LogP contribution in [0, 0.1) is 16.7 Å². The molecule has 0 aromatic rings. The Morgan fingerprint density at radius 3 is 2.23 bits per heavy atom. The molecule has 3 unspecified atom stereocenters. The van der Waals surface area contributed by atoms with Crippen molar-refractivity contribution in [2.45, 2.75) is 45.8 Å². The fourth-order valence-electron chi connectivity index (χ4n) is 3.50. The Morgan fingerprint density at radius 2 is 1.92 bits per heavy atom. The van der Waals surface area contributed by atoms with E-state index in [0.29, 0.717) is 5.92 Å². The highest BCUT2D eigenvalue weighted by atomic mass is 16.5. The lowest BCUT2D eigenvalue weighted by atomic mass is 9.70. The van der Waals surface area contributed by atoms with Crippen molar-refractivity contribution in [3.05, 3.63) is 0 Å². The lowest BCUT2D eigenvalue weighted by molar-refractivity contribution is -0.0284. The Kier molecular flexibility index (Phi) is 1.79. The third-order valence-corrected chi connectivity index (χ3v) is 4.95. The average molecular weight is 185 g/mol. The molecule has 2 fully saturated rings. The SMILES string of the molecule is CC1(C)C2CCC1(C)[C@H](O)C2NO. The van der Waals surface area contributed by atoms with Crippen molar-refractivity contribution in [2.75, 3.05) is 0 Å². The number of rotatable bonds is 1. The predicted molar refractivity (Wildman–Crippen MR) is 49.3 cm³/mol. The number of aliphatic hydroxyl groups excluding tert-OH is 1. The first-order valence-corrected chi connectivity index (χ1v) is 5.03. The van der Waals surface area contributed by atoms with Crippen LogP contribution in [0.3, 0.4) is 0 Å². The van der Waals surface area contributed by atoms with Crippen LogP contribution >= 0.6 is 0 Å². The van der Waals surface area contributed by atoms with Crippen LogP contribution in [0.5, 0.6) is 0 Å². The molecule has 0 amide bonds. The molecule has 2 aliphatic rings. The van der Waals surface area contributed by atoms with Crippen LogP contribution in [0.2, 0.25) is 0 Å². The predicted octanol–water partition coefficient (Wildman–Crippen LogP) is 1.15. The van der Waals surface area contributed by atoms with Crippen molar-refractivity contribution in [3.63, 3.8) is 0 Å². The largest absolute Gasteiger partial charge is 0.391 e. The first kappa shape index (κ1) is 9.44. The van der Waals surface area contributed by atoms with Crippen molar-refractivity contribution in [2.24, 2.45) is 16.7 Å². The van der Waals surface area contributed by atoms with Gasteiger partial charge in [-0.3, -0.25) is 0 Å². The third kappa shape index (κ3) is 0.853. The van der Waals surface area contributed by atoms with Gasteiger partial charge in [-0.25, -0.2) is 0 Å². The smallest absolute Gasteiger partial charge is 0.0777 e. The molecule has 3 nitrogen and oxygen atoms in total. The Balaban J connectivity index is 2.39. The van der Waals surface area contributed by atoms with Gasteiger partial charge in [-0.1, -0.05) is 20.8 Å². The van der Waals surface area contributed by atoms with Crippen molar-refractivity contribution in [1.29, 1.82) is 0 Å². The minimum atomic E-state index is -0.411. The molecule has 0 spiro atoms. The maximum atomic E-state index is 10.1. The second-order valence-corrected chi connectivity index (χ2v) is 5.38. The fourth-order valence-corrected chi connectivity index (χ4v) is 3.50. The summed E-state index contributed by atoms with van der Waals surface area (Å²) in [5.41, 5.74) is 2.38. The molecule has 2 aliphatic carbocycles. The first-order chi connectivity index (χ1) is 5.95. The van der Waals surface area contributed by atoms with Gasteiger partial charge in [0.05, 0.1) is 12.1 Å². The minimum absolute atomic E-state index is 0.0297. The minimum Gasteiger partial charge on any atom is -0.391 e. The number of hydrogen-bond acceptors (Lipinski definition) is 3. The molecule has 0 aromatic carbocycles. The van der Waals surface area contributed by atoms with Gasteiger partial charge in [-0.05, 0) is 24.2 Å². The quantitative estimate of drug-likeness (QED) is 0.537. The number of hydroxylamine groups is 1. The molecule has 2 bridgehead atoms. The molecule has 3 N–H and O–H groups in total. The number of aliphatic hydroxyl groups is 1. The van der Waals surface area contributed by atoms with Gasteiger partial charge in [0.1, 0.15) is 0 Å². The summed E-state index contributed by atoms with van der Waals surface area (Å²) >= 11 is 0. The van der Waals surface area contributed by atoms with Crippen molar-refractivity contribution in [1.82, 2.24) is 5.48 Å². The molecule has 0 aliphatic heterocycles. The normalized spacial score (nSPS) is 52.8. The zero-order chi connectivity index (χ0) is 9.85. The lowest BCUT2D eigenvalue weighted by Crippen LogP contribution is -2.45. The summed E-state index contributed by atoms with van der Waals surface area (Å²) in [6, 6.07) is -0.131. The van der Waals surface area contributed by atoms with E-state index < -0.39 is 6.10 Å². The average Bonchev–Trinajstić information content (AvgIpc) is 2.36. The van der Waals surface area contributed by atoms with E-state index in [4.69, 9.17) is 5.21 Å². The third-order valence-electron chi connectivity index (χ3n) is 4.95. The van der Waals surface area contributed by atoms with E-state index in [2.05, 4.69) is 26.3 Å². The van der Waals surface area contributed by atoms with Crippen molar-refractivity contribution >= 4 is 0 Å². The van der Waals surface area contributed by atoms with Gasteiger partial charge in [-0.15, -0.1) is 0 Å². The molecule has 2 saturated carbocycles. The van der Waals surface area contributed by atoms with Gasteiger partial charge in [0.25, 0.3) is 0 Å². The van der Waals surface area contributed by atoms with Crippen LogP contribution in [0.1, 0.15) is 33.6 Å². The standard InChI is InChI=1S/C10H19NO2/c1-9(2)6-4-5-10(9,3)8(12)7(6)11-13/h6-8,11-13H,4-5H2,1-3H3/t6?,7?,8-,10?/m1/s1. The molecule has 4 atom stereocenters. The Morgan fingerprint density at radius 1 is 1.31 bits per heavy atom. The van der Waals surface area contributed by atoms with Gasteiger partial charge in [-0.2, -0.15) is 5.48 Å². The summed E-state index contributed by atoms with van der Waals surface area (Å²) < 4.78 is 0. The molecular weight excluding hydrogens is 166 g/mol. The molecule has 2 rings (SSSR count). The highest BCUT2D eigenvalue weighted by Crippen LogP contribution is 2.65. The summed E-state index contributed by atoms with van der Waals surface area (Å²) in [5, 5.41) is 19.0. The monoisotopic (exact) mass is 185 g/mol. The molecule has 3 heteroatoms. The summed E-state index contributed by atoms with van der Waals surface area (Å²) in [5.74, 6) is 0.400. The zero-order valence-corrected chi connectivity index (χ0v) is 8.54. The van der Waals surface area contributed by atoms with Gasteiger partial charge >= 0.3 is 0 Å². The Hall–Kier alpha value is -0.120. The summed E-state index contributed by atoms with van der Waals surface area (Å²) in [4.78, 5) is 0. The topological polar surface area (TPSA) is 52.5 Å². The van der Waals surface area contributed by atoms with Gasteiger partial charge < -0.3 is 10.3 Å². The maximum absolute atomic E-state index is 10.1. The number of fused-ring (bicyclic) bond motifs is 2. The van der Waals surface area contributed by atoms with Gasteiger partial charge in [0, 0.05) is 5.41 Å². The first-order valence-electron chi connectivity index (χ1n) is 5.03. The van der Waals surface area contributed by atoms with E-state index in [0.717, 1.165) is 12.8 Å². The molecule has 0 saturated heterocycles. The second-order valence-electron chi connectivity index (χ2n) is 5.38. The van der Waals surface area contributed by atoms with E-state index in [-0.39, 0.29) is 16.9 Å². The fraction of sp³-hybridized carbons (Fsp3) is 1.00. The Labute approximate surface area is 79.1 Å². The summed E-state index contributed by atoms with van der Waals surface area (Å²) in [7, 11) is 0. The summed E-state index contributed by atoms with van der Waals surface area (Å²) in [6.45, 7) is 6.53. The van der Waals surface area contributed by atoms with Crippen molar-refractivity contribution < 1.29 is 10.3 Å². The van der Waals surface area contributed by atoms with E-state index in [1.54, 1.807) is 0 Å². The Bertz CT molecular complexity index is 229. The van der Waals surface area contributed by atoms with Crippen molar-refractivity contribution in [3.8, 4) is 0 Å². The van der Waals surface area contributed by atoms with E-state index >= 15 is 0 Å². The van der Waals surface area contributed by atoms with Crippen LogP contribution in [-0.4, -0.2) is 22.5 Å². The second kappa shape index (κ2) is 2.47. The lowest BCUT2D eigenvalue weighted by Gasteiger charge is -2.36. The zero-order valence-electron chi connectivity index (χ0n) is 8.54. The molecule has 0 aromatic heterocycles. The molecular formula is C10H19NO2. The highest BCUT2D eigenvalue weighted by Gasteiger charge is 2.65. The number of hydrogen-bond donors (Lipinski definition) is 3. The van der Waals surface area contributed by atoms with E-state index in [1.165, 1.54) is 0 Å². The molecule has 0 radical (unpaired) electrons. The van der Waals surface area contributed by atoms with Gasteiger partial charge in [0.2, 0.25) is 0 Å².